The van der Waals surface area contributed by atoms with E-state index in [0.29, 0.717) is 17.5 Å². The maximum Gasteiger partial charge on any atom is 0.261 e. The van der Waals surface area contributed by atoms with Crippen molar-refractivity contribution in [2.75, 3.05) is 6.26 Å². The lowest BCUT2D eigenvalue weighted by Gasteiger charge is -2.04. The zero-order valence-corrected chi connectivity index (χ0v) is 12.8. The number of nitrogens with one attached hydrogen (secondary N) is 2. The summed E-state index contributed by atoms with van der Waals surface area (Å²) in [5, 5.41) is 6.37. The third-order valence-electron chi connectivity index (χ3n) is 2.93. The van der Waals surface area contributed by atoms with Crippen LogP contribution in [0.1, 0.15) is 33.3 Å². The molecular weight excluding hydrogens is 292 g/mol. The van der Waals surface area contributed by atoms with E-state index in [9.17, 15) is 9.59 Å². The number of nitrogens with zero attached hydrogens (tertiary/aromatic N) is 2. The Labute approximate surface area is 125 Å². The second-order valence-electron chi connectivity index (χ2n) is 4.54. The molecule has 1 amide bonds. The van der Waals surface area contributed by atoms with E-state index in [4.69, 9.17) is 4.52 Å². The van der Waals surface area contributed by atoms with Crippen LogP contribution >= 0.6 is 11.8 Å². The number of rotatable bonds is 5. The van der Waals surface area contributed by atoms with Crippen molar-refractivity contribution in [3.63, 3.8) is 0 Å². The second kappa shape index (κ2) is 6.57. The third-order valence-corrected chi connectivity index (χ3v) is 3.47. The summed E-state index contributed by atoms with van der Waals surface area (Å²) in [5.41, 5.74) is 1.25. The predicted octanol–water partition coefficient (Wildman–Crippen LogP) is 1.17. The van der Waals surface area contributed by atoms with E-state index in [-0.39, 0.29) is 12.1 Å². The zero-order valence-electron chi connectivity index (χ0n) is 12.0. The number of carbonyl (C=O) groups is 1. The molecule has 21 heavy (non-hydrogen) atoms. The average Bonchev–Trinajstić information content (AvgIpc) is 2.88. The summed E-state index contributed by atoms with van der Waals surface area (Å²) in [6.07, 6.45) is 1.93. The summed E-state index contributed by atoms with van der Waals surface area (Å²) < 4.78 is 5.00. The van der Waals surface area contributed by atoms with Crippen LogP contribution in [0.5, 0.6) is 0 Å². The standard InChI is InChI=1S/C13H16N4O3S/c1-7-4-9(13(19)15-8(7)2)12(18)14-5-11-16-10(6-21-3)17-20-11/h4H,5-6H2,1-3H3,(H,14,18)(H,15,19). The quantitative estimate of drug-likeness (QED) is 0.860. The fourth-order valence-corrected chi connectivity index (χ4v) is 2.07. The lowest BCUT2D eigenvalue weighted by Crippen LogP contribution is -2.29. The molecule has 0 aliphatic rings. The smallest absolute Gasteiger partial charge is 0.261 e. The molecule has 0 aliphatic heterocycles. The average molecular weight is 308 g/mol. The van der Waals surface area contributed by atoms with E-state index in [1.807, 2.05) is 13.2 Å². The van der Waals surface area contributed by atoms with Gasteiger partial charge in [0.15, 0.2) is 5.82 Å². The fraction of sp³-hybridized carbons (Fsp3) is 0.385. The molecule has 0 radical (unpaired) electrons. The van der Waals surface area contributed by atoms with Crippen LogP contribution in [0.25, 0.3) is 0 Å². The minimum Gasteiger partial charge on any atom is -0.343 e. The highest BCUT2D eigenvalue weighted by atomic mass is 32.2. The highest BCUT2D eigenvalue weighted by molar-refractivity contribution is 7.97. The van der Waals surface area contributed by atoms with E-state index < -0.39 is 11.5 Å². The Morgan fingerprint density at radius 1 is 1.48 bits per heavy atom. The van der Waals surface area contributed by atoms with Crippen LogP contribution in [0.2, 0.25) is 0 Å². The third kappa shape index (κ3) is 3.72. The molecule has 2 heterocycles. The van der Waals surface area contributed by atoms with Gasteiger partial charge in [0.2, 0.25) is 5.89 Å². The summed E-state index contributed by atoms with van der Waals surface area (Å²) in [6, 6.07) is 1.57. The molecule has 0 aromatic carbocycles. The zero-order chi connectivity index (χ0) is 15.4. The maximum absolute atomic E-state index is 12.0. The Hall–Kier alpha value is -2.09. The molecule has 0 spiro atoms. The lowest BCUT2D eigenvalue weighted by atomic mass is 10.1. The van der Waals surface area contributed by atoms with E-state index in [1.165, 1.54) is 0 Å². The highest BCUT2D eigenvalue weighted by Crippen LogP contribution is 2.06. The number of H-pyrrole nitrogens is 1. The van der Waals surface area contributed by atoms with Crippen molar-refractivity contribution in [3.05, 3.63) is 45.0 Å². The van der Waals surface area contributed by atoms with E-state index in [2.05, 4.69) is 20.4 Å². The molecule has 0 saturated heterocycles. The molecule has 0 atom stereocenters. The van der Waals surface area contributed by atoms with Crippen LogP contribution < -0.4 is 10.9 Å². The molecule has 7 nitrogen and oxygen atoms in total. The van der Waals surface area contributed by atoms with Crippen LogP contribution in [0, 0.1) is 13.8 Å². The molecule has 0 aliphatic carbocycles. The first kappa shape index (κ1) is 15.3. The first-order valence-corrected chi connectivity index (χ1v) is 7.69. The van der Waals surface area contributed by atoms with Gasteiger partial charge in [-0.05, 0) is 31.7 Å². The molecule has 0 bridgehead atoms. The monoisotopic (exact) mass is 308 g/mol. The molecule has 112 valence electrons. The number of aromatic amines is 1. The van der Waals surface area contributed by atoms with Crippen molar-refractivity contribution in [3.8, 4) is 0 Å². The van der Waals surface area contributed by atoms with Crippen molar-refractivity contribution < 1.29 is 9.32 Å². The number of aromatic nitrogens is 3. The van der Waals surface area contributed by atoms with Crippen molar-refractivity contribution in [2.24, 2.45) is 0 Å². The van der Waals surface area contributed by atoms with Gasteiger partial charge in [-0.25, -0.2) is 0 Å². The largest absolute Gasteiger partial charge is 0.343 e. The first-order chi connectivity index (χ1) is 10.0. The van der Waals surface area contributed by atoms with E-state index in [1.54, 1.807) is 24.8 Å². The number of hydrogen-bond donors (Lipinski definition) is 2. The molecule has 2 aromatic heterocycles. The minimum atomic E-state index is -0.469. The predicted molar refractivity (Wildman–Crippen MR) is 79.2 cm³/mol. The highest BCUT2D eigenvalue weighted by Gasteiger charge is 2.13. The molecule has 0 saturated carbocycles. The van der Waals surface area contributed by atoms with Gasteiger partial charge < -0.3 is 14.8 Å². The van der Waals surface area contributed by atoms with Crippen LogP contribution in [0.3, 0.4) is 0 Å². The molecule has 2 rings (SSSR count). The normalized spacial score (nSPS) is 10.6. The van der Waals surface area contributed by atoms with Crippen molar-refractivity contribution in [2.45, 2.75) is 26.1 Å². The Morgan fingerprint density at radius 2 is 2.24 bits per heavy atom. The Morgan fingerprint density at radius 3 is 2.95 bits per heavy atom. The lowest BCUT2D eigenvalue weighted by molar-refractivity contribution is 0.0944. The van der Waals surface area contributed by atoms with Crippen LogP contribution in [0.15, 0.2) is 15.4 Å². The topological polar surface area (TPSA) is 101 Å². The van der Waals surface area contributed by atoms with Gasteiger partial charge in [0.05, 0.1) is 12.3 Å². The van der Waals surface area contributed by atoms with Crippen molar-refractivity contribution in [1.82, 2.24) is 20.4 Å². The van der Waals surface area contributed by atoms with Gasteiger partial charge in [0, 0.05) is 5.69 Å². The fourth-order valence-electron chi connectivity index (χ4n) is 1.70. The van der Waals surface area contributed by atoms with E-state index in [0.717, 1.165) is 11.3 Å². The molecule has 2 N–H and O–H groups in total. The first-order valence-electron chi connectivity index (χ1n) is 6.30. The summed E-state index contributed by atoms with van der Waals surface area (Å²) in [4.78, 5) is 30.5. The van der Waals surface area contributed by atoms with Gasteiger partial charge in [-0.15, -0.1) is 0 Å². The number of hydrogen-bond acceptors (Lipinski definition) is 6. The number of thioether (sulfide) groups is 1. The SMILES string of the molecule is CSCc1noc(CNC(=O)c2cc(C)c(C)[nH]c2=O)n1. The van der Waals surface area contributed by atoms with Crippen molar-refractivity contribution >= 4 is 17.7 Å². The van der Waals surface area contributed by atoms with Gasteiger partial charge in [-0.1, -0.05) is 5.16 Å². The Bertz CT molecular complexity index is 708. The molecule has 2 aromatic rings. The molecule has 8 heteroatoms. The summed E-state index contributed by atoms with van der Waals surface area (Å²) in [6.45, 7) is 3.70. The Kier molecular flexibility index (Phi) is 4.79. The van der Waals surface area contributed by atoms with E-state index >= 15 is 0 Å². The van der Waals surface area contributed by atoms with Gasteiger partial charge in [0.25, 0.3) is 11.5 Å². The summed E-state index contributed by atoms with van der Waals surface area (Å²) >= 11 is 1.58. The Balaban J connectivity index is 2.04. The van der Waals surface area contributed by atoms with Crippen LogP contribution in [-0.2, 0) is 12.3 Å². The maximum atomic E-state index is 12.0. The molecule has 0 unspecified atom stereocenters. The van der Waals surface area contributed by atoms with Crippen molar-refractivity contribution in [1.29, 1.82) is 0 Å². The number of pyridine rings is 1. The molecular formula is C13H16N4O3S. The number of carbonyl (C=O) groups excluding carboxylic acids is 1. The minimum absolute atomic E-state index is 0.0713. The number of aryl methyl sites for hydroxylation is 2. The van der Waals surface area contributed by atoms with Gasteiger partial charge >= 0.3 is 0 Å². The van der Waals surface area contributed by atoms with Crippen LogP contribution in [-0.4, -0.2) is 27.3 Å². The number of amides is 1. The second-order valence-corrected chi connectivity index (χ2v) is 5.41. The molecule has 0 fully saturated rings. The van der Waals surface area contributed by atoms with Gasteiger partial charge in [0.1, 0.15) is 5.56 Å². The van der Waals surface area contributed by atoms with Gasteiger partial charge in [-0.3, -0.25) is 9.59 Å². The summed E-state index contributed by atoms with van der Waals surface area (Å²) in [5.74, 6) is 1.07. The van der Waals surface area contributed by atoms with Gasteiger partial charge in [-0.2, -0.15) is 16.7 Å². The van der Waals surface area contributed by atoms with Crippen LogP contribution in [0.4, 0.5) is 0 Å². The summed E-state index contributed by atoms with van der Waals surface area (Å²) in [7, 11) is 0.